The fraction of sp³-hybridized carbons (Fsp3) is 0.333. The molecule has 0 saturated carbocycles. The first-order valence-corrected chi connectivity index (χ1v) is 3.66. The molecule has 0 fully saturated rings. The van der Waals surface area contributed by atoms with Crippen molar-refractivity contribution in [3.05, 3.63) is 29.3 Å². The van der Waals surface area contributed by atoms with E-state index in [4.69, 9.17) is 4.74 Å². The van der Waals surface area contributed by atoms with Gasteiger partial charge in [0.25, 0.3) is 0 Å². The van der Waals surface area contributed by atoms with Gasteiger partial charge in [-0.3, -0.25) is 0 Å². The van der Waals surface area contributed by atoms with Crippen LogP contribution in [0.2, 0.25) is 0 Å². The Morgan fingerprint density at radius 2 is 1.77 bits per heavy atom. The molecule has 0 spiro atoms. The molecule has 0 N–H and O–H groups in total. The van der Waals surface area contributed by atoms with Crippen LogP contribution in [-0.2, 0) is 6.18 Å². The van der Waals surface area contributed by atoms with E-state index in [1.165, 1.54) is 7.11 Å². The van der Waals surface area contributed by atoms with Gasteiger partial charge in [0, 0.05) is 0 Å². The summed E-state index contributed by atoms with van der Waals surface area (Å²) in [6.45, 7) is 1.60. The molecule has 72 valence electrons. The smallest absolute Gasteiger partial charge is 0.416 e. The summed E-state index contributed by atoms with van der Waals surface area (Å²) in [5.41, 5.74) is -0.143. The minimum atomic E-state index is -4.31. The van der Waals surface area contributed by atoms with Crippen molar-refractivity contribution >= 4 is 0 Å². The Morgan fingerprint density at radius 3 is 2.23 bits per heavy atom. The summed E-state index contributed by atoms with van der Waals surface area (Å²) in [4.78, 5) is 0. The Hall–Kier alpha value is -1.19. The molecule has 0 atom stereocenters. The molecule has 0 aromatic heterocycles. The number of methoxy groups -OCH3 is 1. The van der Waals surface area contributed by atoms with E-state index >= 15 is 0 Å². The highest BCUT2D eigenvalue weighted by atomic mass is 19.4. The second-order valence-corrected chi connectivity index (χ2v) is 2.74. The van der Waals surface area contributed by atoms with Crippen molar-refractivity contribution in [2.45, 2.75) is 13.1 Å². The van der Waals surface area contributed by atoms with Crippen LogP contribution in [0.4, 0.5) is 13.2 Å². The van der Waals surface area contributed by atoms with Gasteiger partial charge in [-0.05, 0) is 30.7 Å². The first kappa shape index (κ1) is 9.89. The molecule has 1 aromatic carbocycles. The summed E-state index contributed by atoms with van der Waals surface area (Å²) in [6.07, 6.45) is -4.31. The molecular formula is C9H9F3O. The maximum absolute atomic E-state index is 12.2. The van der Waals surface area contributed by atoms with E-state index in [1.807, 2.05) is 0 Å². The van der Waals surface area contributed by atoms with Crippen LogP contribution in [0.5, 0.6) is 5.75 Å². The lowest BCUT2D eigenvalue weighted by Crippen LogP contribution is -2.05. The molecule has 0 amide bonds. The van der Waals surface area contributed by atoms with E-state index in [0.717, 1.165) is 12.1 Å². The largest absolute Gasteiger partial charge is 0.497 e. The number of hydrogen-bond acceptors (Lipinski definition) is 1. The normalized spacial score (nSPS) is 11.5. The van der Waals surface area contributed by atoms with Gasteiger partial charge in [0.05, 0.1) is 12.7 Å². The highest BCUT2D eigenvalue weighted by Gasteiger charge is 2.30. The molecular weight excluding hydrogens is 181 g/mol. The molecule has 1 rings (SSSR count). The SMILES string of the molecule is COc1cc(C)cc(C(F)(F)F)c1. The Morgan fingerprint density at radius 1 is 1.15 bits per heavy atom. The predicted molar refractivity (Wildman–Crippen MR) is 42.7 cm³/mol. The topological polar surface area (TPSA) is 9.23 Å². The molecule has 0 saturated heterocycles. The highest BCUT2D eigenvalue weighted by molar-refractivity contribution is 5.35. The van der Waals surface area contributed by atoms with Crippen molar-refractivity contribution in [1.82, 2.24) is 0 Å². The van der Waals surface area contributed by atoms with Crippen molar-refractivity contribution in [2.75, 3.05) is 7.11 Å². The van der Waals surface area contributed by atoms with Crippen LogP contribution in [0.3, 0.4) is 0 Å². The van der Waals surface area contributed by atoms with Crippen molar-refractivity contribution in [3.8, 4) is 5.75 Å². The average Bonchev–Trinajstić information content (AvgIpc) is 2.01. The Balaban J connectivity index is 3.16. The molecule has 0 bridgehead atoms. The second-order valence-electron chi connectivity index (χ2n) is 2.74. The predicted octanol–water partition coefficient (Wildman–Crippen LogP) is 3.02. The number of rotatable bonds is 1. The van der Waals surface area contributed by atoms with Crippen LogP contribution in [0.25, 0.3) is 0 Å². The van der Waals surface area contributed by atoms with Gasteiger partial charge >= 0.3 is 6.18 Å². The van der Waals surface area contributed by atoms with E-state index in [1.54, 1.807) is 13.0 Å². The molecule has 4 heteroatoms. The number of ether oxygens (including phenoxy) is 1. The van der Waals surface area contributed by atoms with Crippen molar-refractivity contribution < 1.29 is 17.9 Å². The molecule has 1 nitrogen and oxygen atoms in total. The third kappa shape index (κ3) is 2.37. The van der Waals surface area contributed by atoms with E-state index in [-0.39, 0.29) is 5.75 Å². The monoisotopic (exact) mass is 190 g/mol. The zero-order valence-corrected chi connectivity index (χ0v) is 7.27. The molecule has 0 aliphatic heterocycles. The summed E-state index contributed by atoms with van der Waals surface area (Å²) in [5, 5.41) is 0. The minimum absolute atomic E-state index is 0.229. The average molecular weight is 190 g/mol. The number of alkyl halides is 3. The molecule has 0 aliphatic rings. The van der Waals surface area contributed by atoms with Crippen LogP contribution < -0.4 is 4.74 Å². The Bertz CT molecular complexity index is 304. The van der Waals surface area contributed by atoms with Crippen molar-refractivity contribution in [1.29, 1.82) is 0 Å². The van der Waals surface area contributed by atoms with E-state index in [2.05, 4.69) is 0 Å². The molecule has 0 heterocycles. The standard InChI is InChI=1S/C9H9F3O/c1-6-3-7(9(10,11)12)5-8(4-6)13-2/h3-5H,1-2H3. The lowest BCUT2D eigenvalue weighted by molar-refractivity contribution is -0.137. The van der Waals surface area contributed by atoms with Gasteiger partial charge in [0.1, 0.15) is 5.75 Å². The van der Waals surface area contributed by atoms with Gasteiger partial charge in [-0.15, -0.1) is 0 Å². The number of benzene rings is 1. The van der Waals surface area contributed by atoms with Crippen molar-refractivity contribution in [3.63, 3.8) is 0 Å². The third-order valence-electron chi connectivity index (χ3n) is 1.61. The summed E-state index contributed by atoms with van der Waals surface area (Å²) in [6, 6.07) is 3.62. The first-order valence-electron chi connectivity index (χ1n) is 3.66. The number of hydrogen-bond donors (Lipinski definition) is 0. The quantitative estimate of drug-likeness (QED) is 0.661. The molecule has 0 aliphatic carbocycles. The first-order chi connectivity index (χ1) is 5.93. The molecule has 1 aromatic rings. The Labute approximate surface area is 74.1 Å². The summed E-state index contributed by atoms with van der Waals surface area (Å²) >= 11 is 0. The van der Waals surface area contributed by atoms with Crippen molar-refractivity contribution in [2.24, 2.45) is 0 Å². The van der Waals surface area contributed by atoms with E-state index < -0.39 is 11.7 Å². The summed E-state index contributed by atoms with van der Waals surface area (Å²) in [7, 11) is 1.34. The number of halogens is 3. The van der Waals surface area contributed by atoms with Gasteiger partial charge in [0.2, 0.25) is 0 Å². The molecule has 0 unspecified atom stereocenters. The van der Waals surface area contributed by atoms with Gasteiger partial charge in [0.15, 0.2) is 0 Å². The lowest BCUT2D eigenvalue weighted by Gasteiger charge is -2.09. The van der Waals surface area contributed by atoms with Crippen LogP contribution in [0.1, 0.15) is 11.1 Å². The maximum atomic E-state index is 12.2. The molecule has 0 radical (unpaired) electrons. The van der Waals surface area contributed by atoms with Gasteiger partial charge in [-0.1, -0.05) is 0 Å². The Kier molecular flexibility index (Phi) is 2.50. The van der Waals surface area contributed by atoms with Gasteiger partial charge in [-0.25, -0.2) is 0 Å². The zero-order valence-electron chi connectivity index (χ0n) is 7.27. The van der Waals surface area contributed by atoms with E-state index in [0.29, 0.717) is 5.56 Å². The fourth-order valence-corrected chi connectivity index (χ4v) is 1.03. The fourth-order valence-electron chi connectivity index (χ4n) is 1.03. The van der Waals surface area contributed by atoms with Gasteiger partial charge in [-0.2, -0.15) is 13.2 Å². The zero-order chi connectivity index (χ0) is 10.1. The van der Waals surface area contributed by atoms with Crippen LogP contribution >= 0.6 is 0 Å². The number of aryl methyl sites for hydroxylation is 1. The lowest BCUT2D eigenvalue weighted by atomic mass is 10.1. The summed E-state index contributed by atoms with van der Waals surface area (Å²) < 4.78 is 41.4. The minimum Gasteiger partial charge on any atom is -0.497 e. The van der Waals surface area contributed by atoms with Crippen LogP contribution in [-0.4, -0.2) is 7.11 Å². The molecule has 13 heavy (non-hydrogen) atoms. The second kappa shape index (κ2) is 3.28. The maximum Gasteiger partial charge on any atom is 0.416 e. The van der Waals surface area contributed by atoms with E-state index in [9.17, 15) is 13.2 Å². The summed E-state index contributed by atoms with van der Waals surface area (Å²) in [5.74, 6) is 0.229. The van der Waals surface area contributed by atoms with Crippen LogP contribution in [0.15, 0.2) is 18.2 Å². The van der Waals surface area contributed by atoms with Gasteiger partial charge < -0.3 is 4.74 Å². The highest BCUT2D eigenvalue weighted by Crippen LogP contribution is 2.32. The van der Waals surface area contributed by atoms with Crippen LogP contribution in [0, 0.1) is 6.92 Å². The third-order valence-corrected chi connectivity index (χ3v) is 1.61.